The molecule has 8 heteroatoms. The quantitative estimate of drug-likeness (QED) is 0.632. The summed E-state index contributed by atoms with van der Waals surface area (Å²) in [7, 11) is 0. The van der Waals surface area contributed by atoms with Gasteiger partial charge in [-0.2, -0.15) is 0 Å². The molecule has 0 aliphatic heterocycles. The number of anilines is 1. The van der Waals surface area contributed by atoms with E-state index in [0.717, 1.165) is 5.56 Å². The Morgan fingerprint density at radius 1 is 1.19 bits per heavy atom. The molecule has 0 saturated heterocycles. The molecule has 2 heterocycles. The minimum atomic E-state index is -0.201. The highest BCUT2D eigenvalue weighted by Crippen LogP contribution is 2.22. The van der Waals surface area contributed by atoms with Crippen molar-refractivity contribution in [3.63, 3.8) is 0 Å². The van der Waals surface area contributed by atoms with Crippen LogP contribution in [0.2, 0.25) is 5.02 Å². The zero-order chi connectivity index (χ0) is 18.5. The second kappa shape index (κ2) is 8.44. The van der Waals surface area contributed by atoms with Crippen LogP contribution in [0.5, 0.6) is 0 Å². The number of nitrogens with one attached hydrogen (secondary N) is 2. The number of thiophene rings is 1. The highest BCUT2D eigenvalue weighted by Gasteiger charge is 2.15. The Labute approximate surface area is 164 Å². The van der Waals surface area contributed by atoms with E-state index < -0.39 is 0 Å². The van der Waals surface area contributed by atoms with Gasteiger partial charge in [0.25, 0.3) is 5.91 Å². The molecule has 3 rings (SSSR count). The zero-order valence-corrected chi connectivity index (χ0v) is 16.3. The first kappa shape index (κ1) is 18.6. The lowest BCUT2D eigenvalue weighted by Crippen LogP contribution is -2.28. The van der Waals surface area contributed by atoms with Crippen molar-refractivity contribution in [3.05, 3.63) is 68.3 Å². The molecule has 1 aromatic carbocycles. The van der Waals surface area contributed by atoms with Crippen LogP contribution in [-0.4, -0.2) is 16.8 Å². The van der Waals surface area contributed by atoms with Crippen molar-refractivity contribution in [1.82, 2.24) is 10.3 Å². The van der Waals surface area contributed by atoms with E-state index >= 15 is 0 Å². The van der Waals surface area contributed by atoms with Crippen LogP contribution in [-0.2, 0) is 11.2 Å². The van der Waals surface area contributed by atoms with Crippen LogP contribution < -0.4 is 10.6 Å². The maximum absolute atomic E-state index is 12.3. The maximum Gasteiger partial charge on any atom is 0.267 e. The molecule has 5 nitrogen and oxygen atoms in total. The van der Waals surface area contributed by atoms with Crippen LogP contribution in [0.25, 0.3) is 0 Å². The topological polar surface area (TPSA) is 71.1 Å². The fourth-order valence-electron chi connectivity index (χ4n) is 2.37. The molecule has 2 aromatic heterocycles. The number of hydrogen-bond donors (Lipinski definition) is 2. The molecule has 0 bridgehead atoms. The monoisotopic (exact) mass is 405 g/mol. The summed E-state index contributed by atoms with van der Waals surface area (Å²) in [5.74, 6) is -0.350. The van der Waals surface area contributed by atoms with Gasteiger partial charge in [0.1, 0.15) is 0 Å². The molecule has 0 saturated carbocycles. The molecule has 0 spiro atoms. The Morgan fingerprint density at radius 2 is 2.00 bits per heavy atom. The van der Waals surface area contributed by atoms with Crippen molar-refractivity contribution in [2.45, 2.75) is 19.4 Å². The van der Waals surface area contributed by atoms with Crippen molar-refractivity contribution in [1.29, 1.82) is 0 Å². The number of nitrogens with zero attached hydrogens (tertiary/aromatic N) is 1. The van der Waals surface area contributed by atoms with Crippen LogP contribution in [0.3, 0.4) is 0 Å². The van der Waals surface area contributed by atoms with E-state index in [4.69, 9.17) is 11.6 Å². The number of thiazole rings is 1. The lowest BCUT2D eigenvalue weighted by molar-refractivity contribution is -0.121. The fourth-order valence-corrected chi connectivity index (χ4v) is 4.00. The smallest absolute Gasteiger partial charge is 0.267 e. The molecule has 0 radical (unpaired) electrons. The molecular weight excluding hydrogens is 390 g/mol. The summed E-state index contributed by atoms with van der Waals surface area (Å²) in [5, 5.41) is 10.4. The van der Waals surface area contributed by atoms with Crippen molar-refractivity contribution in [2.24, 2.45) is 0 Å². The van der Waals surface area contributed by atoms with Crippen molar-refractivity contribution >= 4 is 51.2 Å². The zero-order valence-electron chi connectivity index (χ0n) is 13.9. The first-order valence-electron chi connectivity index (χ1n) is 7.86. The summed E-state index contributed by atoms with van der Waals surface area (Å²) in [5.41, 5.74) is 1.48. The summed E-state index contributed by atoms with van der Waals surface area (Å²) in [4.78, 5) is 29.2. The Balaban J connectivity index is 1.56. The number of carbonyl (C=O) groups excluding carboxylic acids is 2. The Morgan fingerprint density at radius 3 is 2.73 bits per heavy atom. The highest BCUT2D eigenvalue weighted by molar-refractivity contribution is 7.14. The van der Waals surface area contributed by atoms with E-state index in [9.17, 15) is 9.59 Å². The Hall–Kier alpha value is -2.22. The van der Waals surface area contributed by atoms with Crippen LogP contribution in [0.15, 0.2) is 47.2 Å². The van der Waals surface area contributed by atoms with Gasteiger partial charge in [-0.1, -0.05) is 35.9 Å². The number of benzene rings is 1. The summed E-state index contributed by atoms with van der Waals surface area (Å²) in [6, 6.07) is 10.8. The minimum Gasteiger partial charge on any atom is -0.349 e. The largest absolute Gasteiger partial charge is 0.349 e. The summed E-state index contributed by atoms with van der Waals surface area (Å²) < 4.78 is 0. The van der Waals surface area contributed by atoms with Crippen LogP contribution in [0, 0.1) is 0 Å². The molecule has 26 heavy (non-hydrogen) atoms. The molecule has 1 atom stereocenters. The predicted octanol–water partition coefficient (Wildman–Crippen LogP) is 4.53. The molecule has 0 aliphatic rings. The number of amides is 2. The van der Waals surface area contributed by atoms with Gasteiger partial charge in [-0.05, 0) is 30.0 Å². The van der Waals surface area contributed by atoms with Gasteiger partial charge >= 0.3 is 0 Å². The van der Waals surface area contributed by atoms with E-state index in [1.165, 1.54) is 22.7 Å². The number of halogens is 1. The fraction of sp³-hybridized carbons (Fsp3) is 0.167. The van der Waals surface area contributed by atoms with Gasteiger partial charge in [-0.25, -0.2) is 4.98 Å². The third-order valence-corrected chi connectivity index (χ3v) is 5.63. The normalized spacial score (nSPS) is 11.8. The van der Waals surface area contributed by atoms with Gasteiger partial charge in [-0.3, -0.25) is 14.9 Å². The average molecular weight is 406 g/mol. The molecule has 0 fully saturated rings. The Bertz CT molecular complexity index is 909. The molecule has 1 unspecified atom stereocenters. The van der Waals surface area contributed by atoms with E-state index in [0.29, 0.717) is 20.7 Å². The van der Waals surface area contributed by atoms with Gasteiger partial charge in [0.15, 0.2) is 5.13 Å². The molecular formula is C18H16ClN3O2S2. The number of aromatic nitrogens is 1. The number of hydrogen-bond acceptors (Lipinski definition) is 5. The average Bonchev–Trinajstić information content (AvgIpc) is 3.27. The van der Waals surface area contributed by atoms with E-state index in [1.54, 1.807) is 17.5 Å². The number of carbonyl (C=O) groups is 2. The van der Waals surface area contributed by atoms with Crippen LogP contribution in [0.4, 0.5) is 5.13 Å². The molecule has 2 N–H and O–H groups in total. The first-order chi connectivity index (χ1) is 12.5. The lowest BCUT2D eigenvalue weighted by atomic mass is 10.1. The third kappa shape index (κ3) is 4.69. The van der Waals surface area contributed by atoms with E-state index in [-0.39, 0.29) is 24.3 Å². The van der Waals surface area contributed by atoms with Gasteiger partial charge < -0.3 is 5.32 Å². The standard InChI is InChI=1S/C18H16ClN3O2S2/c1-11(13-5-2-3-6-14(13)19)20-16(23)9-12-10-26-18(21-12)22-17(24)15-7-4-8-25-15/h2-8,10-11H,9H2,1H3,(H,20,23)(H,21,22,24). The minimum absolute atomic E-state index is 0.139. The Kier molecular flexibility index (Phi) is 6.03. The van der Waals surface area contributed by atoms with Crippen LogP contribution >= 0.6 is 34.3 Å². The van der Waals surface area contributed by atoms with Crippen molar-refractivity contribution < 1.29 is 9.59 Å². The van der Waals surface area contributed by atoms with Gasteiger partial charge in [-0.15, -0.1) is 22.7 Å². The van der Waals surface area contributed by atoms with Gasteiger partial charge in [0, 0.05) is 10.4 Å². The third-order valence-electron chi connectivity index (χ3n) is 3.61. The van der Waals surface area contributed by atoms with Gasteiger partial charge in [0.05, 0.1) is 23.0 Å². The maximum atomic E-state index is 12.3. The highest BCUT2D eigenvalue weighted by atomic mass is 35.5. The molecule has 2 amide bonds. The van der Waals surface area contributed by atoms with Gasteiger partial charge in [0.2, 0.25) is 5.91 Å². The summed E-state index contributed by atoms with van der Waals surface area (Å²) >= 11 is 8.81. The second-order valence-corrected chi connectivity index (χ2v) is 7.78. The first-order valence-corrected chi connectivity index (χ1v) is 9.99. The van der Waals surface area contributed by atoms with Crippen molar-refractivity contribution in [3.8, 4) is 0 Å². The molecule has 3 aromatic rings. The second-order valence-electron chi connectivity index (χ2n) is 5.56. The summed E-state index contributed by atoms with van der Waals surface area (Å²) in [6.07, 6.45) is 0.139. The predicted molar refractivity (Wildman–Crippen MR) is 106 cm³/mol. The molecule has 0 aliphatic carbocycles. The number of rotatable bonds is 6. The van der Waals surface area contributed by atoms with Crippen LogP contribution in [0.1, 0.15) is 33.9 Å². The summed E-state index contributed by atoms with van der Waals surface area (Å²) in [6.45, 7) is 1.88. The SMILES string of the molecule is CC(NC(=O)Cc1csc(NC(=O)c2cccs2)n1)c1ccccc1Cl. The molecule has 134 valence electrons. The lowest BCUT2D eigenvalue weighted by Gasteiger charge is -2.15. The van der Waals surface area contributed by atoms with E-state index in [2.05, 4.69) is 15.6 Å². The van der Waals surface area contributed by atoms with Crippen molar-refractivity contribution in [2.75, 3.05) is 5.32 Å². The van der Waals surface area contributed by atoms with E-state index in [1.807, 2.05) is 36.6 Å².